The van der Waals surface area contributed by atoms with Crippen LogP contribution >= 0.6 is 27.5 Å². The van der Waals surface area contributed by atoms with Crippen LogP contribution in [0.15, 0.2) is 22.7 Å². The van der Waals surface area contributed by atoms with E-state index in [0.29, 0.717) is 11.4 Å². The van der Waals surface area contributed by atoms with Crippen LogP contribution in [0.2, 0.25) is 5.02 Å². The normalized spacial score (nSPS) is 9.92. The zero-order valence-corrected chi connectivity index (χ0v) is 8.95. The molecule has 0 saturated heterocycles. The first-order valence-corrected chi connectivity index (χ1v) is 4.70. The van der Waals surface area contributed by atoms with Crippen molar-refractivity contribution in [2.75, 3.05) is 0 Å². The molecule has 0 bridgehead atoms. The molecule has 1 aromatic rings. The van der Waals surface area contributed by atoms with Crippen LogP contribution in [0.4, 0.5) is 0 Å². The Labute approximate surface area is 84.9 Å². The maximum atomic E-state index is 10.8. The predicted molar refractivity (Wildman–Crippen MR) is 53.5 cm³/mol. The molecule has 0 unspecified atom stereocenters. The number of halogens is 2. The van der Waals surface area contributed by atoms with Crippen LogP contribution in [-0.2, 0) is 11.2 Å². The maximum Gasteiger partial charge on any atom is 0.134 e. The Morgan fingerprint density at radius 1 is 1.58 bits per heavy atom. The van der Waals surface area contributed by atoms with Crippen molar-refractivity contribution in [1.82, 2.24) is 0 Å². The minimum Gasteiger partial charge on any atom is -0.300 e. The van der Waals surface area contributed by atoms with Crippen molar-refractivity contribution in [2.45, 2.75) is 13.3 Å². The molecule has 0 aromatic heterocycles. The van der Waals surface area contributed by atoms with E-state index >= 15 is 0 Å². The van der Waals surface area contributed by atoms with E-state index in [1.807, 2.05) is 6.07 Å². The Balaban J connectivity index is 2.93. The molecule has 0 amide bonds. The number of carbonyl (C=O) groups excluding carboxylic acids is 1. The largest absolute Gasteiger partial charge is 0.300 e. The van der Waals surface area contributed by atoms with Crippen LogP contribution < -0.4 is 0 Å². The zero-order chi connectivity index (χ0) is 9.14. The molecule has 0 spiro atoms. The number of benzene rings is 1. The van der Waals surface area contributed by atoms with Gasteiger partial charge in [-0.1, -0.05) is 33.6 Å². The third kappa shape index (κ3) is 2.61. The van der Waals surface area contributed by atoms with Gasteiger partial charge < -0.3 is 0 Å². The van der Waals surface area contributed by atoms with E-state index in [0.717, 1.165) is 10.0 Å². The van der Waals surface area contributed by atoms with Crippen molar-refractivity contribution in [3.63, 3.8) is 0 Å². The van der Waals surface area contributed by atoms with Crippen molar-refractivity contribution in [3.05, 3.63) is 33.3 Å². The van der Waals surface area contributed by atoms with Crippen LogP contribution in [0.5, 0.6) is 0 Å². The second-order valence-electron chi connectivity index (χ2n) is 2.61. The van der Waals surface area contributed by atoms with Gasteiger partial charge in [-0.05, 0) is 24.6 Å². The molecule has 0 aliphatic rings. The third-order valence-electron chi connectivity index (χ3n) is 1.45. The van der Waals surface area contributed by atoms with Gasteiger partial charge in [0, 0.05) is 15.9 Å². The van der Waals surface area contributed by atoms with Gasteiger partial charge in [-0.25, -0.2) is 0 Å². The molecule has 0 radical (unpaired) electrons. The van der Waals surface area contributed by atoms with Crippen molar-refractivity contribution in [1.29, 1.82) is 0 Å². The van der Waals surface area contributed by atoms with E-state index in [2.05, 4.69) is 15.9 Å². The maximum absolute atomic E-state index is 10.8. The Hall–Kier alpha value is -0.340. The molecule has 1 rings (SSSR count). The quantitative estimate of drug-likeness (QED) is 0.784. The Morgan fingerprint density at radius 2 is 2.25 bits per heavy atom. The van der Waals surface area contributed by atoms with Gasteiger partial charge in [0.1, 0.15) is 5.78 Å². The molecule has 1 aromatic carbocycles. The van der Waals surface area contributed by atoms with Gasteiger partial charge in [-0.2, -0.15) is 0 Å². The van der Waals surface area contributed by atoms with Crippen LogP contribution in [0.3, 0.4) is 0 Å². The highest BCUT2D eigenvalue weighted by atomic mass is 79.9. The van der Waals surface area contributed by atoms with Crippen LogP contribution in [0.25, 0.3) is 0 Å². The lowest BCUT2D eigenvalue weighted by atomic mass is 10.1. The first kappa shape index (κ1) is 9.75. The van der Waals surface area contributed by atoms with Crippen LogP contribution in [0.1, 0.15) is 12.5 Å². The number of rotatable bonds is 2. The number of hydrogen-bond donors (Lipinski definition) is 0. The molecule has 0 aliphatic carbocycles. The van der Waals surface area contributed by atoms with Gasteiger partial charge in [-0.15, -0.1) is 0 Å². The number of hydrogen-bond acceptors (Lipinski definition) is 1. The van der Waals surface area contributed by atoms with Gasteiger partial charge in [0.25, 0.3) is 0 Å². The molecule has 0 N–H and O–H groups in total. The molecule has 3 heteroatoms. The number of ketones is 1. The van der Waals surface area contributed by atoms with Gasteiger partial charge >= 0.3 is 0 Å². The molecule has 64 valence electrons. The molecule has 0 saturated carbocycles. The lowest BCUT2D eigenvalue weighted by Gasteiger charge is -2.01. The fourth-order valence-electron chi connectivity index (χ4n) is 0.933. The molecule has 0 fully saturated rings. The monoisotopic (exact) mass is 246 g/mol. The summed E-state index contributed by atoms with van der Waals surface area (Å²) in [6.07, 6.45) is 0.456. The second-order valence-corrected chi connectivity index (χ2v) is 3.91. The third-order valence-corrected chi connectivity index (χ3v) is 2.43. The fraction of sp³-hybridized carbons (Fsp3) is 0.222. The molecule has 0 atom stereocenters. The minimum atomic E-state index is 0.151. The summed E-state index contributed by atoms with van der Waals surface area (Å²) in [6, 6.07) is 5.43. The average molecular weight is 248 g/mol. The summed E-state index contributed by atoms with van der Waals surface area (Å²) in [5, 5.41) is 0.675. The predicted octanol–water partition coefficient (Wildman–Crippen LogP) is 3.23. The summed E-state index contributed by atoms with van der Waals surface area (Å²) in [4.78, 5) is 10.8. The summed E-state index contributed by atoms with van der Waals surface area (Å²) < 4.78 is 0.894. The zero-order valence-electron chi connectivity index (χ0n) is 6.60. The SMILES string of the molecule is CC(=O)Cc1ccc(Cl)cc1Br. The summed E-state index contributed by atoms with van der Waals surface area (Å²) in [6.45, 7) is 1.57. The lowest BCUT2D eigenvalue weighted by molar-refractivity contribution is -0.116. The molecular formula is C9H8BrClO. The lowest BCUT2D eigenvalue weighted by Crippen LogP contribution is -1.96. The highest BCUT2D eigenvalue weighted by Crippen LogP contribution is 2.21. The molecule has 0 aliphatic heterocycles. The van der Waals surface area contributed by atoms with Gasteiger partial charge in [-0.3, -0.25) is 4.79 Å². The topological polar surface area (TPSA) is 17.1 Å². The highest BCUT2D eigenvalue weighted by molar-refractivity contribution is 9.10. The van der Waals surface area contributed by atoms with Gasteiger partial charge in [0.05, 0.1) is 0 Å². The number of carbonyl (C=O) groups is 1. The molecular weight excluding hydrogens is 239 g/mol. The standard InChI is InChI=1S/C9H8BrClO/c1-6(12)4-7-2-3-8(11)5-9(7)10/h2-3,5H,4H2,1H3. The minimum absolute atomic E-state index is 0.151. The highest BCUT2D eigenvalue weighted by Gasteiger charge is 2.02. The van der Waals surface area contributed by atoms with E-state index in [1.165, 1.54) is 0 Å². The van der Waals surface area contributed by atoms with Crippen molar-refractivity contribution in [2.24, 2.45) is 0 Å². The molecule has 12 heavy (non-hydrogen) atoms. The Morgan fingerprint density at radius 3 is 2.75 bits per heavy atom. The average Bonchev–Trinajstić information content (AvgIpc) is 1.94. The van der Waals surface area contributed by atoms with E-state index < -0.39 is 0 Å². The van der Waals surface area contributed by atoms with Gasteiger partial charge in [0.15, 0.2) is 0 Å². The Kier molecular flexibility index (Phi) is 3.29. The van der Waals surface area contributed by atoms with Crippen molar-refractivity contribution >= 4 is 33.3 Å². The summed E-state index contributed by atoms with van der Waals surface area (Å²) in [5.41, 5.74) is 0.979. The van der Waals surface area contributed by atoms with E-state index in [-0.39, 0.29) is 5.78 Å². The summed E-state index contributed by atoms with van der Waals surface area (Å²) in [7, 11) is 0. The first-order chi connectivity index (χ1) is 5.59. The van der Waals surface area contributed by atoms with Gasteiger partial charge in [0.2, 0.25) is 0 Å². The summed E-state index contributed by atoms with van der Waals surface area (Å²) in [5.74, 6) is 0.151. The number of Topliss-reactive ketones (excluding diaryl/α,β-unsaturated/α-hetero) is 1. The first-order valence-electron chi connectivity index (χ1n) is 3.53. The summed E-state index contributed by atoms with van der Waals surface area (Å²) >= 11 is 9.08. The molecule has 1 nitrogen and oxygen atoms in total. The Bertz CT molecular complexity index is 309. The van der Waals surface area contributed by atoms with Crippen molar-refractivity contribution in [3.8, 4) is 0 Å². The van der Waals surface area contributed by atoms with E-state index in [4.69, 9.17) is 11.6 Å². The fourth-order valence-corrected chi connectivity index (χ4v) is 1.76. The smallest absolute Gasteiger partial charge is 0.134 e. The van der Waals surface area contributed by atoms with E-state index in [9.17, 15) is 4.79 Å². The second kappa shape index (κ2) is 4.06. The molecule has 0 heterocycles. The van der Waals surface area contributed by atoms with E-state index in [1.54, 1.807) is 19.1 Å². The van der Waals surface area contributed by atoms with Crippen LogP contribution in [-0.4, -0.2) is 5.78 Å². The van der Waals surface area contributed by atoms with Crippen LogP contribution in [0, 0.1) is 0 Å². The van der Waals surface area contributed by atoms with Crippen molar-refractivity contribution < 1.29 is 4.79 Å².